The molecule has 3 rings (SSSR count). The molecular weight excluding hydrogens is 309 g/mol. The lowest BCUT2D eigenvalue weighted by atomic mass is 10.0. The Labute approximate surface area is 140 Å². The Morgan fingerprint density at radius 1 is 1.33 bits per heavy atom. The average molecular weight is 329 g/mol. The Kier molecular flexibility index (Phi) is 4.49. The maximum atomic E-state index is 13.5. The minimum atomic E-state index is -0.615. The summed E-state index contributed by atoms with van der Waals surface area (Å²) in [5.41, 5.74) is 1.15. The Morgan fingerprint density at radius 3 is 2.75 bits per heavy atom. The molecule has 1 aliphatic heterocycles. The molecule has 6 heteroatoms. The highest BCUT2D eigenvalue weighted by Gasteiger charge is 2.36. The first-order valence-corrected chi connectivity index (χ1v) is 7.83. The number of nitrogens with zero attached hydrogens (tertiary/aromatic N) is 3. The van der Waals surface area contributed by atoms with Crippen molar-refractivity contribution in [1.29, 1.82) is 0 Å². The lowest BCUT2D eigenvalue weighted by Gasteiger charge is -2.25. The highest BCUT2D eigenvalue weighted by molar-refractivity contribution is 5.94. The van der Waals surface area contributed by atoms with Crippen molar-refractivity contribution >= 4 is 11.7 Å². The molecule has 1 aromatic carbocycles. The third-order valence-corrected chi connectivity index (χ3v) is 4.23. The van der Waals surface area contributed by atoms with Gasteiger partial charge in [-0.3, -0.25) is 4.79 Å². The molecule has 126 valence electrons. The normalized spacial score (nSPS) is 20.2. The standard InChI is InChI=1S/C18H20FN3O2/c1-21(2)17-7-6-13(10-20-17)18(24)22-11-15(23)9-16(22)12-4-3-5-14(19)8-12/h3-8,10,15-16,23H,9,11H2,1-2H3/t15-,16+/m0/s1. The van der Waals surface area contributed by atoms with Gasteiger partial charge in [-0.1, -0.05) is 12.1 Å². The first-order valence-electron chi connectivity index (χ1n) is 7.83. The largest absolute Gasteiger partial charge is 0.391 e. The molecule has 1 aromatic heterocycles. The number of aliphatic hydroxyl groups excluding tert-OH is 1. The summed E-state index contributed by atoms with van der Waals surface area (Å²) in [7, 11) is 3.75. The number of benzene rings is 1. The second kappa shape index (κ2) is 6.57. The monoisotopic (exact) mass is 329 g/mol. The van der Waals surface area contributed by atoms with Crippen LogP contribution in [0.3, 0.4) is 0 Å². The van der Waals surface area contributed by atoms with Gasteiger partial charge in [-0.25, -0.2) is 9.37 Å². The van der Waals surface area contributed by atoms with Crippen LogP contribution in [-0.4, -0.2) is 47.6 Å². The summed E-state index contributed by atoms with van der Waals surface area (Å²) in [6.45, 7) is 0.232. The third kappa shape index (κ3) is 3.23. The quantitative estimate of drug-likeness (QED) is 0.938. The molecule has 1 N–H and O–H groups in total. The van der Waals surface area contributed by atoms with Crippen LogP contribution in [0.25, 0.3) is 0 Å². The number of halogens is 1. The number of carbonyl (C=O) groups is 1. The number of aliphatic hydroxyl groups is 1. The molecule has 2 atom stereocenters. The van der Waals surface area contributed by atoms with Crippen molar-refractivity contribution in [2.45, 2.75) is 18.6 Å². The summed E-state index contributed by atoms with van der Waals surface area (Å²) < 4.78 is 13.5. The SMILES string of the molecule is CN(C)c1ccc(C(=O)N2C[C@@H](O)C[C@@H]2c2cccc(F)c2)cn1. The van der Waals surface area contributed by atoms with Gasteiger partial charge in [0, 0.05) is 26.8 Å². The number of likely N-dealkylation sites (tertiary alicyclic amines) is 1. The van der Waals surface area contributed by atoms with Crippen molar-refractivity contribution < 1.29 is 14.3 Å². The van der Waals surface area contributed by atoms with E-state index < -0.39 is 6.10 Å². The Bertz CT molecular complexity index is 733. The van der Waals surface area contributed by atoms with Crippen LogP contribution in [-0.2, 0) is 0 Å². The molecule has 1 amide bonds. The highest BCUT2D eigenvalue weighted by Crippen LogP contribution is 2.33. The minimum absolute atomic E-state index is 0.210. The van der Waals surface area contributed by atoms with Crippen molar-refractivity contribution in [3.05, 3.63) is 59.5 Å². The first-order chi connectivity index (χ1) is 11.5. The first kappa shape index (κ1) is 16.4. The number of carbonyl (C=O) groups excluding carboxylic acids is 1. The van der Waals surface area contributed by atoms with Gasteiger partial charge in [0.05, 0.1) is 17.7 Å². The van der Waals surface area contributed by atoms with Crippen LogP contribution in [0.1, 0.15) is 28.4 Å². The predicted molar refractivity (Wildman–Crippen MR) is 89.4 cm³/mol. The molecule has 0 radical (unpaired) electrons. The molecule has 0 unspecified atom stereocenters. The molecule has 2 heterocycles. The van der Waals surface area contributed by atoms with Crippen LogP contribution < -0.4 is 4.90 Å². The van der Waals surface area contributed by atoms with E-state index in [9.17, 15) is 14.3 Å². The summed E-state index contributed by atoms with van der Waals surface area (Å²) in [5.74, 6) is 0.201. The fourth-order valence-corrected chi connectivity index (χ4v) is 3.01. The van der Waals surface area contributed by atoms with Gasteiger partial charge in [-0.2, -0.15) is 0 Å². The molecule has 1 saturated heterocycles. The van der Waals surface area contributed by atoms with Crippen LogP contribution in [0, 0.1) is 5.82 Å². The number of anilines is 1. The van der Waals surface area contributed by atoms with Gasteiger partial charge in [0.1, 0.15) is 11.6 Å². The molecule has 24 heavy (non-hydrogen) atoms. The Hall–Kier alpha value is -2.47. The molecule has 0 saturated carbocycles. The number of pyridine rings is 1. The van der Waals surface area contributed by atoms with Gasteiger partial charge in [0.15, 0.2) is 0 Å². The van der Waals surface area contributed by atoms with E-state index in [0.29, 0.717) is 17.5 Å². The van der Waals surface area contributed by atoms with Crippen LogP contribution >= 0.6 is 0 Å². The van der Waals surface area contributed by atoms with E-state index in [4.69, 9.17) is 0 Å². The van der Waals surface area contributed by atoms with E-state index >= 15 is 0 Å². The van der Waals surface area contributed by atoms with E-state index in [0.717, 1.165) is 5.82 Å². The average Bonchev–Trinajstić information content (AvgIpc) is 2.96. The maximum Gasteiger partial charge on any atom is 0.256 e. The topological polar surface area (TPSA) is 56.7 Å². The van der Waals surface area contributed by atoms with Gasteiger partial charge in [0.2, 0.25) is 0 Å². The second-order valence-electron chi connectivity index (χ2n) is 6.22. The summed E-state index contributed by atoms with van der Waals surface area (Å²) in [6, 6.07) is 9.33. The van der Waals surface area contributed by atoms with E-state index in [1.807, 2.05) is 19.0 Å². The van der Waals surface area contributed by atoms with Crippen LogP contribution in [0.5, 0.6) is 0 Å². The molecule has 1 aliphatic rings. The fourth-order valence-electron chi connectivity index (χ4n) is 3.01. The van der Waals surface area contributed by atoms with E-state index in [1.54, 1.807) is 29.2 Å². The number of β-amino-alcohol motifs (C(OH)–C–C–N with tert-alkyl or cyclic N) is 1. The van der Waals surface area contributed by atoms with Crippen LogP contribution in [0.15, 0.2) is 42.6 Å². The predicted octanol–water partition coefficient (Wildman–Crippen LogP) is 2.23. The van der Waals surface area contributed by atoms with Crippen molar-refractivity contribution in [1.82, 2.24) is 9.88 Å². The number of rotatable bonds is 3. The number of hydrogen-bond donors (Lipinski definition) is 1. The number of amides is 1. The van der Waals surface area contributed by atoms with Gasteiger partial charge in [-0.15, -0.1) is 0 Å². The molecule has 5 nitrogen and oxygen atoms in total. The summed E-state index contributed by atoms with van der Waals surface area (Å²) in [4.78, 5) is 20.5. The van der Waals surface area contributed by atoms with E-state index in [2.05, 4.69) is 4.98 Å². The summed E-state index contributed by atoms with van der Waals surface area (Å²) in [5, 5.41) is 10.0. The fraction of sp³-hybridized carbons (Fsp3) is 0.333. The van der Waals surface area contributed by atoms with Gasteiger partial charge in [0.25, 0.3) is 5.91 Å². The summed E-state index contributed by atoms with van der Waals surface area (Å²) >= 11 is 0. The van der Waals surface area contributed by atoms with Crippen molar-refractivity contribution in [2.75, 3.05) is 25.5 Å². The molecule has 1 fully saturated rings. The lowest BCUT2D eigenvalue weighted by molar-refractivity contribution is 0.0715. The van der Waals surface area contributed by atoms with Gasteiger partial charge in [-0.05, 0) is 36.2 Å². The maximum absolute atomic E-state index is 13.5. The van der Waals surface area contributed by atoms with E-state index in [1.165, 1.54) is 18.3 Å². The second-order valence-corrected chi connectivity index (χ2v) is 6.22. The Balaban J connectivity index is 1.86. The van der Waals surface area contributed by atoms with Crippen molar-refractivity contribution in [2.24, 2.45) is 0 Å². The minimum Gasteiger partial charge on any atom is -0.391 e. The highest BCUT2D eigenvalue weighted by atomic mass is 19.1. The van der Waals surface area contributed by atoms with E-state index in [-0.39, 0.29) is 24.3 Å². The Morgan fingerprint density at radius 2 is 2.12 bits per heavy atom. The van der Waals surface area contributed by atoms with Crippen LogP contribution in [0.4, 0.5) is 10.2 Å². The van der Waals surface area contributed by atoms with Gasteiger partial charge < -0.3 is 14.9 Å². The zero-order chi connectivity index (χ0) is 17.3. The zero-order valence-electron chi connectivity index (χ0n) is 13.7. The van der Waals surface area contributed by atoms with Crippen molar-refractivity contribution in [3.8, 4) is 0 Å². The zero-order valence-corrected chi connectivity index (χ0v) is 13.7. The number of hydrogen-bond acceptors (Lipinski definition) is 4. The molecule has 0 spiro atoms. The molecule has 0 aliphatic carbocycles. The molecule has 2 aromatic rings. The van der Waals surface area contributed by atoms with Crippen LogP contribution in [0.2, 0.25) is 0 Å². The van der Waals surface area contributed by atoms with Crippen molar-refractivity contribution in [3.63, 3.8) is 0 Å². The summed E-state index contributed by atoms with van der Waals surface area (Å²) in [6.07, 6.45) is 1.32. The van der Waals surface area contributed by atoms with Gasteiger partial charge >= 0.3 is 0 Å². The lowest BCUT2D eigenvalue weighted by Crippen LogP contribution is -2.32. The number of aromatic nitrogens is 1. The molecular formula is C18H20FN3O2. The third-order valence-electron chi connectivity index (χ3n) is 4.23. The molecule has 0 bridgehead atoms. The smallest absolute Gasteiger partial charge is 0.256 e.